The van der Waals surface area contributed by atoms with Crippen molar-refractivity contribution < 1.29 is 27.1 Å². The molecule has 4 rings (SSSR count). The van der Waals surface area contributed by atoms with Gasteiger partial charge in [0.05, 0.1) is 29.3 Å². The number of alkyl halides is 3. The van der Waals surface area contributed by atoms with Gasteiger partial charge in [-0.3, -0.25) is 9.78 Å². The van der Waals surface area contributed by atoms with E-state index in [1.54, 1.807) is 0 Å². The summed E-state index contributed by atoms with van der Waals surface area (Å²) in [7, 11) is 0. The summed E-state index contributed by atoms with van der Waals surface area (Å²) in [5, 5.41) is 4.35. The number of urea groups is 1. The molecule has 9 nitrogen and oxygen atoms in total. The molecule has 2 amide bonds. The molecule has 168 valence electrons. The molecule has 3 heterocycles. The van der Waals surface area contributed by atoms with Crippen LogP contribution in [0.2, 0.25) is 0 Å². The summed E-state index contributed by atoms with van der Waals surface area (Å²) in [4.78, 5) is 37.3. The van der Waals surface area contributed by atoms with E-state index in [1.165, 1.54) is 24.4 Å². The van der Waals surface area contributed by atoms with E-state index in [2.05, 4.69) is 30.6 Å². The fourth-order valence-corrected chi connectivity index (χ4v) is 2.74. The summed E-state index contributed by atoms with van der Waals surface area (Å²) in [6.07, 6.45) is -0.589. The van der Waals surface area contributed by atoms with Crippen molar-refractivity contribution in [3.8, 4) is 11.5 Å². The Morgan fingerprint density at radius 3 is 2.61 bits per heavy atom. The number of nitrogens with one attached hydrogen (secondary N) is 3. The van der Waals surface area contributed by atoms with Crippen LogP contribution in [-0.4, -0.2) is 26.0 Å². The molecule has 1 aromatic carbocycles. The van der Waals surface area contributed by atoms with Gasteiger partial charge in [-0.05, 0) is 18.2 Å². The molecule has 33 heavy (non-hydrogen) atoms. The lowest BCUT2D eigenvalue weighted by Crippen LogP contribution is -2.20. The average Bonchev–Trinajstić information content (AvgIpc) is 2.75. The van der Waals surface area contributed by atoms with Gasteiger partial charge in [-0.15, -0.1) is 0 Å². The van der Waals surface area contributed by atoms with E-state index in [0.29, 0.717) is 12.3 Å². The lowest BCUT2D eigenvalue weighted by molar-refractivity contribution is -0.137. The number of nitrogens with zero attached hydrogens (tertiary/aromatic N) is 3. The quantitative estimate of drug-likeness (QED) is 0.390. The predicted octanol–water partition coefficient (Wildman–Crippen LogP) is 4.31. The van der Waals surface area contributed by atoms with E-state index in [1.807, 2.05) is 0 Å². The van der Waals surface area contributed by atoms with Gasteiger partial charge in [-0.1, -0.05) is 0 Å². The molecule has 0 aliphatic rings. The van der Waals surface area contributed by atoms with E-state index < -0.39 is 29.1 Å². The lowest BCUT2D eigenvalue weighted by atomic mass is 10.2. The van der Waals surface area contributed by atoms with Crippen LogP contribution in [0, 0.1) is 5.82 Å². The Hall–Kier alpha value is -4.55. The first-order valence-electron chi connectivity index (χ1n) is 9.11. The van der Waals surface area contributed by atoms with Crippen LogP contribution in [0.1, 0.15) is 5.56 Å². The molecule has 0 saturated heterocycles. The number of ether oxygens (including phenoxy) is 1. The summed E-state index contributed by atoms with van der Waals surface area (Å²) in [5.74, 6) is -0.614. The highest BCUT2D eigenvalue weighted by atomic mass is 19.4. The first-order chi connectivity index (χ1) is 15.7. The van der Waals surface area contributed by atoms with Crippen molar-refractivity contribution in [3.05, 3.63) is 76.9 Å². The number of benzene rings is 1. The first-order valence-corrected chi connectivity index (χ1v) is 9.11. The summed E-state index contributed by atoms with van der Waals surface area (Å²) < 4.78 is 58.3. The number of carbonyl (C=O) groups excluding carboxylic acids is 1. The third-order valence-corrected chi connectivity index (χ3v) is 4.18. The van der Waals surface area contributed by atoms with Crippen LogP contribution >= 0.6 is 0 Å². The van der Waals surface area contributed by atoms with E-state index >= 15 is 0 Å². The number of hydrogen-bond donors (Lipinski definition) is 3. The smallest absolute Gasteiger partial charge is 0.417 e. The van der Waals surface area contributed by atoms with Crippen LogP contribution in [0.25, 0.3) is 11.2 Å². The number of aromatic nitrogens is 4. The monoisotopic (exact) mass is 460 g/mol. The Bertz CT molecular complexity index is 1410. The SMILES string of the molecule is O=C(Nc1cncc(C(F)(F)F)c1)Nc1ccc(Oc2ccnc3[nH]c(=O)cnc23)cc1F. The highest BCUT2D eigenvalue weighted by molar-refractivity contribution is 5.99. The van der Waals surface area contributed by atoms with Gasteiger partial charge in [0.15, 0.2) is 11.4 Å². The maximum atomic E-state index is 14.5. The number of anilines is 2. The van der Waals surface area contributed by atoms with Crippen LogP contribution in [-0.2, 0) is 6.18 Å². The molecule has 13 heteroatoms. The number of halogens is 4. The lowest BCUT2D eigenvalue weighted by Gasteiger charge is -2.12. The van der Waals surface area contributed by atoms with Crippen molar-refractivity contribution in [2.45, 2.75) is 6.18 Å². The molecule has 0 unspecified atom stereocenters. The highest BCUT2D eigenvalue weighted by Gasteiger charge is 2.31. The molecule has 0 aliphatic carbocycles. The Kier molecular flexibility index (Phi) is 5.60. The minimum Gasteiger partial charge on any atom is -0.455 e. The molecular formula is C20H12F4N6O3. The van der Waals surface area contributed by atoms with Crippen LogP contribution < -0.4 is 20.9 Å². The molecule has 0 fully saturated rings. The molecular weight excluding hydrogens is 448 g/mol. The number of carbonyl (C=O) groups is 1. The molecule has 4 aromatic rings. The standard InChI is InChI=1S/C20H12F4N6O3/c21-13-6-12(33-15-3-4-26-18-17(15)27-9-16(31)30-18)1-2-14(13)29-19(32)28-11-5-10(7-25-8-11)20(22,23)24/h1-9H,(H,26,30,31)(H2,28,29,32). The van der Waals surface area contributed by atoms with Gasteiger partial charge >= 0.3 is 12.2 Å². The number of H-pyrrole nitrogens is 1. The van der Waals surface area contributed by atoms with Crippen LogP contribution in [0.4, 0.5) is 33.7 Å². The largest absolute Gasteiger partial charge is 0.455 e. The number of pyridine rings is 2. The molecule has 0 radical (unpaired) electrons. The van der Waals surface area contributed by atoms with Crippen molar-refractivity contribution in [2.24, 2.45) is 0 Å². The molecule has 0 aliphatic heterocycles. The second-order valence-corrected chi connectivity index (χ2v) is 6.54. The topological polar surface area (TPSA) is 122 Å². The van der Waals surface area contributed by atoms with Gasteiger partial charge in [-0.2, -0.15) is 13.2 Å². The second kappa shape index (κ2) is 8.53. The Labute approximate surface area is 181 Å². The summed E-state index contributed by atoms with van der Waals surface area (Å²) in [6, 6.07) is 4.72. The minimum absolute atomic E-state index is 0.0565. The summed E-state index contributed by atoms with van der Waals surface area (Å²) in [5.41, 5.74) is -1.55. The predicted molar refractivity (Wildman–Crippen MR) is 109 cm³/mol. The van der Waals surface area contributed by atoms with E-state index in [0.717, 1.165) is 18.5 Å². The van der Waals surface area contributed by atoms with E-state index in [4.69, 9.17) is 4.74 Å². The number of rotatable bonds is 4. The summed E-state index contributed by atoms with van der Waals surface area (Å²) in [6.45, 7) is 0. The van der Waals surface area contributed by atoms with E-state index in [9.17, 15) is 27.2 Å². The van der Waals surface area contributed by atoms with Gasteiger partial charge in [-0.25, -0.2) is 19.2 Å². The number of aromatic amines is 1. The van der Waals surface area contributed by atoms with Gasteiger partial charge in [0, 0.05) is 24.5 Å². The number of hydrogen-bond acceptors (Lipinski definition) is 6. The van der Waals surface area contributed by atoms with Gasteiger partial charge in [0.1, 0.15) is 17.1 Å². The average molecular weight is 460 g/mol. The Morgan fingerprint density at radius 2 is 1.85 bits per heavy atom. The first kappa shape index (κ1) is 21.7. The summed E-state index contributed by atoms with van der Waals surface area (Å²) >= 11 is 0. The molecule has 0 saturated carbocycles. The molecule has 0 spiro atoms. The molecule has 0 atom stereocenters. The van der Waals surface area contributed by atoms with Crippen molar-refractivity contribution in [1.29, 1.82) is 0 Å². The zero-order valence-corrected chi connectivity index (χ0v) is 16.3. The fourth-order valence-electron chi connectivity index (χ4n) is 2.74. The van der Waals surface area contributed by atoms with Crippen molar-refractivity contribution in [1.82, 2.24) is 19.9 Å². The fraction of sp³-hybridized carbons (Fsp3) is 0.0500. The van der Waals surface area contributed by atoms with Crippen molar-refractivity contribution >= 4 is 28.6 Å². The van der Waals surface area contributed by atoms with Crippen molar-refractivity contribution in [3.63, 3.8) is 0 Å². The molecule has 3 aromatic heterocycles. The normalized spacial score (nSPS) is 11.3. The molecule has 3 N–H and O–H groups in total. The Balaban J connectivity index is 1.47. The van der Waals surface area contributed by atoms with Gasteiger partial charge in [0.25, 0.3) is 5.56 Å². The van der Waals surface area contributed by atoms with Crippen LogP contribution in [0.15, 0.2) is 59.9 Å². The van der Waals surface area contributed by atoms with E-state index in [-0.39, 0.29) is 34.0 Å². The van der Waals surface area contributed by atoms with Crippen molar-refractivity contribution in [2.75, 3.05) is 10.6 Å². The number of fused-ring (bicyclic) bond motifs is 1. The van der Waals surface area contributed by atoms with Crippen LogP contribution in [0.3, 0.4) is 0 Å². The van der Waals surface area contributed by atoms with Crippen LogP contribution in [0.5, 0.6) is 11.5 Å². The zero-order valence-electron chi connectivity index (χ0n) is 16.3. The third kappa shape index (κ3) is 5.03. The Morgan fingerprint density at radius 1 is 1.03 bits per heavy atom. The zero-order chi connectivity index (χ0) is 23.6. The van der Waals surface area contributed by atoms with Gasteiger partial charge in [0.2, 0.25) is 0 Å². The maximum Gasteiger partial charge on any atom is 0.417 e. The van der Waals surface area contributed by atoms with Gasteiger partial charge < -0.3 is 20.4 Å². The molecule has 0 bridgehead atoms. The minimum atomic E-state index is -4.63. The maximum absolute atomic E-state index is 14.5. The number of amides is 2. The second-order valence-electron chi connectivity index (χ2n) is 6.54. The highest BCUT2D eigenvalue weighted by Crippen LogP contribution is 2.30. The third-order valence-electron chi connectivity index (χ3n) is 4.18.